The third-order valence-corrected chi connectivity index (χ3v) is 7.01. The summed E-state index contributed by atoms with van der Waals surface area (Å²) >= 11 is 0. The van der Waals surface area contributed by atoms with E-state index in [4.69, 9.17) is 4.74 Å². The van der Waals surface area contributed by atoms with Crippen molar-refractivity contribution in [3.63, 3.8) is 0 Å². The molecule has 1 fully saturated rings. The number of benzene rings is 3. The summed E-state index contributed by atoms with van der Waals surface area (Å²) < 4.78 is 5.64. The minimum atomic E-state index is -0.376. The molecule has 2 N–H and O–H groups in total. The first-order chi connectivity index (χ1) is 17.2. The number of aromatic amines is 1. The van der Waals surface area contributed by atoms with Crippen LogP contribution in [0.2, 0.25) is 0 Å². The van der Waals surface area contributed by atoms with E-state index in [0.29, 0.717) is 12.1 Å². The van der Waals surface area contributed by atoms with E-state index in [1.165, 1.54) is 0 Å². The van der Waals surface area contributed by atoms with Gasteiger partial charge in [-0.1, -0.05) is 66.7 Å². The number of ether oxygens (including phenoxy) is 1. The predicted octanol–water partition coefficient (Wildman–Crippen LogP) is 4.68. The third-order valence-electron chi connectivity index (χ3n) is 7.01. The topological polar surface area (TPSA) is 74.4 Å². The number of nitrogens with zero attached hydrogens (tertiary/aromatic N) is 1. The zero-order chi connectivity index (χ0) is 23.8. The molecule has 0 saturated carbocycles. The molecule has 0 unspecified atom stereocenters. The molecule has 176 valence electrons. The van der Waals surface area contributed by atoms with E-state index in [0.717, 1.165) is 52.7 Å². The van der Waals surface area contributed by atoms with Crippen LogP contribution >= 0.6 is 0 Å². The van der Waals surface area contributed by atoms with Crippen LogP contribution in [0.25, 0.3) is 22.2 Å². The summed E-state index contributed by atoms with van der Waals surface area (Å²) in [5.41, 5.74) is 5.59. The Morgan fingerprint density at radius 3 is 2.60 bits per heavy atom. The summed E-state index contributed by atoms with van der Waals surface area (Å²) in [5.74, 6) is -0.296. The summed E-state index contributed by atoms with van der Waals surface area (Å²) in [4.78, 5) is 31.9. The number of carbonyl (C=O) groups excluding carboxylic acids is 2. The molecule has 1 aromatic heterocycles. The van der Waals surface area contributed by atoms with Gasteiger partial charge in [0.1, 0.15) is 6.54 Å². The zero-order valence-electron chi connectivity index (χ0n) is 19.4. The molecular formula is C29H27N3O3. The summed E-state index contributed by atoms with van der Waals surface area (Å²) in [7, 11) is 0. The molecule has 6 heteroatoms. The lowest BCUT2D eigenvalue weighted by atomic mass is 9.93. The fourth-order valence-corrected chi connectivity index (χ4v) is 5.37. The van der Waals surface area contributed by atoms with Crippen molar-refractivity contribution < 1.29 is 14.3 Å². The normalized spacial score (nSPS) is 19.3. The Balaban J connectivity index is 1.43. The van der Waals surface area contributed by atoms with Gasteiger partial charge in [0.25, 0.3) is 5.91 Å². The molecule has 0 radical (unpaired) electrons. The standard InChI is InChI=1S/C29H27N3O3/c33-25(30-17-20-11-8-16-35-20)18-32-28(21-12-4-5-13-22(21)29(32)34)26-23-14-6-7-15-24(23)31-27(26)19-9-2-1-3-10-19/h1-7,9-10,12-15,20,28,31H,8,11,16-18H2,(H,30,33)/t20-,28-/m0/s1. The molecule has 0 bridgehead atoms. The van der Waals surface area contributed by atoms with Crippen LogP contribution in [0.1, 0.15) is 40.4 Å². The average Bonchev–Trinajstić information content (AvgIpc) is 3.61. The lowest BCUT2D eigenvalue weighted by Gasteiger charge is -2.26. The van der Waals surface area contributed by atoms with Gasteiger partial charge in [-0.15, -0.1) is 0 Å². The number of amides is 2. The van der Waals surface area contributed by atoms with Gasteiger partial charge in [0.05, 0.1) is 17.8 Å². The van der Waals surface area contributed by atoms with Crippen molar-refractivity contribution in [1.29, 1.82) is 0 Å². The van der Waals surface area contributed by atoms with Crippen molar-refractivity contribution >= 4 is 22.7 Å². The van der Waals surface area contributed by atoms with Gasteiger partial charge in [0.2, 0.25) is 5.91 Å². The van der Waals surface area contributed by atoms with Gasteiger partial charge in [-0.3, -0.25) is 9.59 Å². The van der Waals surface area contributed by atoms with Gasteiger partial charge >= 0.3 is 0 Å². The molecule has 6 rings (SSSR count). The van der Waals surface area contributed by atoms with Crippen LogP contribution in [-0.2, 0) is 9.53 Å². The monoisotopic (exact) mass is 465 g/mol. The average molecular weight is 466 g/mol. The smallest absolute Gasteiger partial charge is 0.255 e. The largest absolute Gasteiger partial charge is 0.376 e. The molecule has 2 amide bonds. The van der Waals surface area contributed by atoms with Crippen molar-refractivity contribution in [2.45, 2.75) is 25.0 Å². The molecule has 3 aromatic carbocycles. The van der Waals surface area contributed by atoms with Crippen molar-refractivity contribution in [2.75, 3.05) is 19.7 Å². The maximum absolute atomic E-state index is 13.6. The number of rotatable bonds is 6. The number of nitrogens with one attached hydrogen (secondary N) is 2. The van der Waals surface area contributed by atoms with Gasteiger partial charge in [0.15, 0.2) is 0 Å². The van der Waals surface area contributed by atoms with Crippen molar-refractivity contribution in [1.82, 2.24) is 15.2 Å². The van der Waals surface area contributed by atoms with Gasteiger partial charge in [-0.2, -0.15) is 0 Å². The third kappa shape index (κ3) is 3.90. The predicted molar refractivity (Wildman–Crippen MR) is 135 cm³/mol. The number of aromatic nitrogens is 1. The molecule has 0 spiro atoms. The first kappa shape index (κ1) is 21.6. The number of carbonyl (C=O) groups is 2. The van der Waals surface area contributed by atoms with Crippen molar-refractivity contribution in [3.8, 4) is 11.3 Å². The van der Waals surface area contributed by atoms with Crippen LogP contribution in [0.15, 0.2) is 78.9 Å². The molecular weight excluding hydrogens is 438 g/mol. The van der Waals surface area contributed by atoms with Gasteiger partial charge in [-0.05, 0) is 36.1 Å². The Kier molecular flexibility index (Phi) is 5.58. The molecule has 2 aliphatic rings. The number of fused-ring (bicyclic) bond motifs is 2. The lowest BCUT2D eigenvalue weighted by Crippen LogP contribution is -2.41. The number of hydrogen-bond acceptors (Lipinski definition) is 3. The van der Waals surface area contributed by atoms with Crippen LogP contribution < -0.4 is 5.32 Å². The molecule has 3 heterocycles. The van der Waals surface area contributed by atoms with Crippen molar-refractivity contribution in [3.05, 3.63) is 95.6 Å². The number of H-pyrrole nitrogens is 1. The zero-order valence-corrected chi connectivity index (χ0v) is 19.4. The summed E-state index contributed by atoms with van der Waals surface area (Å²) in [6, 6.07) is 25.6. The Bertz CT molecular complexity index is 1390. The Morgan fingerprint density at radius 1 is 1.00 bits per heavy atom. The van der Waals surface area contributed by atoms with Crippen LogP contribution in [0.5, 0.6) is 0 Å². The summed E-state index contributed by atoms with van der Waals surface area (Å²) in [5, 5.41) is 4.03. The second-order valence-corrected chi connectivity index (χ2v) is 9.19. The fourth-order valence-electron chi connectivity index (χ4n) is 5.37. The first-order valence-electron chi connectivity index (χ1n) is 12.1. The van der Waals surface area contributed by atoms with Crippen LogP contribution in [0, 0.1) is 0 Å². The van der Waals surface area contributed by atoms with E-state index in [-0.39, 0.29) is 30.5 Å². The highest BCUT2D eigenvalue weighted by atomic mass is 16.5. The molecule has 35 heavy (non-hydrogen) atoms. The Morgan fingerprint density at radius 2 is 1.77 bits per heavy atom. The SMILES string of the molecule is O=C(CN1C(=O)c2ccccc2[C@H]1c1c(-c2ccccc2)[nH]c2ccccc12)NC[C@@H]1CCCO1. The maximum Gasteiger partial charge on any atom is 0.255 e. The molecule has 4 aromatic rings. The van der Waals surface area contributed by atoms with E-state index in [2.05, 4.69) is 28.5 Å². The molecule has 6 nitrogen and oxygen atoms in total. The van der Waals surface area contributed by atoms with E-state index >= 15 is 0 Å². The van der Waals surface area contributed by atoms with Crippen molar-refractivity contribution in [2.24, 2.45) is 0 Å². The summed E-state index contributed by atoms with van der Waals surface area (Å²) in [6.45, 7) is 1.20. The van der Waals surface area contributed by atoms with E-state index in [9.17, 15) is 9.59 Å². The minimum absolute atomic E-state index is 0.0152. The van der Waals surface area contributed by atoms with E-state index < -0.39 is 0 Å². The number of para-hydroxylation sites is 1. The van der Waals surface area contributed by atoms with E-state index in [1.54, 1.807) is 4.90 Å². The fraction of sp³-hybridized carbons (Fsp3) is 0.241. The van der Waals surface area contributed by atoms with Crippen LogP contribution in [0.4, 0.5) is 0 Å². The Hall–Kier alpha value is -3.90. The molecule has 2 atom stereocenters. The van der Waals surface area contributed by atoms with Crippen LogP contribution in [0.3, 0.4) is 0 Å². The first-order valence-corrected chi connectivity index (χ1v) is 12.1. The molecule has 1 saturated heterocycles. The lowest BCUT2D eigenvalue weighted by molar-refractivity contribution is -0.122. The second-order valence-electron chi connectivity index (χ2n) is 9.19. The van der Waals surface area contributed by atoms with Crippen LogP contribution in [-0.4, -0.2) is 47.5 Å². The minimum Gasteiger partial charge on any atom is -0.376 e. The quantitative estimate of drug-likeness (QED) is 0.434. The second kappa shape index (κ2) is 9.04. The highest BCUT2D eigenvalue weighted by molar-refractivity contribution is 6.03. The maximum atomic E-state index is 13.6. The summed E-state index contributed by atoms with van der Waals surface area (Å²) in [6.07, 6.45) is 2.03. The van der Waals surface area contributed by atoms with Gasteiger partial charge in [0, 0.05) is 35.2 Å². The van der Waals surface area contributed by atoms with Gasteiger partial charge < -0.3 is 19.9 Å². The molecule has 0 aliphatic carbocycles. The number of hydrogen-bond donors (Lipinski definition) is 2. The Labute approximate surface area is 203 Å². The van der Waals surface area contributed by atoms with Gasteiger partial charge in [-0.25, -0.2) is 0 Å². The molecule has 2 aliphatic heterocycles. The highest BCUT2D eigenvalue weighted by Crippen LogP contribution is 2.45. The highest BCUT2D eigenvalue weighted by Gasteiger charge is 2.41. The van der Waals surface area contributed by atoms with E-state index in [1.807, 2.05) is 60.7 Å².